The number of fused-ring (bicyclic) bond motifs is 1. The van der Waals surface area contributed by atoms with E-state index in [1.165, 1.54) is 5.56 Å². The number of rotatable bonds is 6. The molecule has 1 fully saturated rings. The fourth-order valence-electron chi connectivity index (χ4n) is 3.78. The van der Waals surface area contributed by atoms with Gasteiger partial charge in [0.15, 0.2) is 0 Å². The van der Waals surface area contributed by atoms with E-state index in [4.69, 9.17) is 0 Å². The van der Waals surface area contributed by atoms with Gasteiger partial charge in [-0.2, -0.15) is 0 Å². The standard InChI is InChI=1S/C24H27N3OS/c1-19(2)18-27-22(17-21-10-16-29-24(21)27)23(28)26-14-12-25(13-15-26)11-6-9-20-7-4-3-5-8-20/h3-10,16-17H,1,11-15,18H2,2H3/b9-6+. The average molecular weight is 406 g/mol. The summed E-state index contributed by atoms with van der Waals surface area (Å²) in [6.07, 6.45) is 4.37. The highest BCUT2D eigenvalue weighted by molar-refractivity contribution is 7.16. The Morgan fingerprint density at radius 2 is 1.90 bits per heavy atom. The molecule has 2 aromatic heterocycles. The number of amides is 1. The van der Waals surface area contributed by atoms with E-state index in [9.17, 15) is 4.79 Å². The third kappa shape index (κ3) is 4.52. The number of benzene rings is 1. The van der Waals surface area contributed by atoms with Crippen molar-refractivity contribution in [3.05, 3.63) is 77.3 Å². The summed E-state index contributed by atoms with van der Waals surface area (Å²) >= 11 is 1.68. The van der Waals surface area contributed by atoms with Crippen molar-refractivity contribution in [3.63, 3.8) is 0 Å². The minimum Gasteiger partial charge on any atom is -0.335 e. The van der Waals surface area contributed by atoms with Gasteiger partial charge in [-0.25, -0.2) is 0 Å². The van der Waals surface area contributed by atoms with Gasteiger partial charge in [-0.15, -0.1) is 11.3 Å². The third-order valence-electron chi connectivity index (χ3n) is 5.28. The highest BCUT2D eigenvalue weighted by Gasteiger charge is 2.25. The van der Waals surface area contributed by atoms with E-state index in [0.717, 1.165) is 54.2 Å². The Labute approximate surface area is 176 Å². The molecule has 3 aromatic rings. The molecule has 1 aliphatic heterocycles. The largest absolute Gasteiger partial charge is 0.335 e. The zero-order valence-corrected chi connectivity index (χ0v) is 17.7. The summed E-state index contributed by atoms with van der Waals surface area (Å²) in [5.41, 5.74) is 3.06. The van der Waals surface area contributed by atoms with Crippen molar-refractivity contribution in [2.45, 2.75) is 13.5 Å². The first-order chi connectivity index (χ1) is 14.1. The molecule has 150 valence electrons. The van der Waals surface area contributed by atoms with Crippen LogP contribution in [0.5, 0.6) is 0 Å². The number of piperazine rings is 1. The lowest BCUT2D eigenvalue weighted by Gasteiger charge is -2.34. The predicted octanol–water partition coefficient (Wildman–Crippen LogP) is 4.75. The number of hydrogen-bond donors (Lipinski definition) is 0. The Morgan fingerprint density at radius 1 is 1.14 bits per heavy atom. The molecule has 1 aliphatic rings. The molecule has 1 saturated heterocycles. The fourth-order valence-corrected chi connectivity index (χ4v) is 4.67. The van der Waals surface area contributed by atoms with Crippen LogP contribution in [0.15, 0.2) is 66.1 Å². The first kappa shape index (κ1) is 19.7. The van der Waals surface area contributed by atoms with Crippen LogP contribution in [-0.4, -0.2) is 53.0 Å². The lowest BCUT2D eigenvalue weighted by molar-refractivity contribution is 0.0640. The molecule has 3 heterocycles. The van der Waals surface area contributed by atoms with Gasteiger partial charge in [0.1, 0.15) is 10.5 Å². The lowest BCUT2D eigenvalue weighted by Crippen LogP contribution is -2.49. The molecule has 29 heavy (non-hydrogen) atoms. The van der Waals surface area contributed by atoms with Crippen LogP contribution in [-0.2, 0) is 6.54 Å². The van der Waals surface area contributed by atoms with Crippen molar-refractivity contribution < 1.29 is 4.79 Å². The van der Waals surface area contributed by atoms with Gasteiger partial charge in [0.05, 0.1) is 0 Å². The van der Waals surface area contributed by atoms with Gasteiger partial charge < -0.3 is 9.47 Å². The second-order valence-electron chi connectivity index (χ2n) is 7.66. The number of hydrogen-bond acceptors (Lipinski definition) is 3. The molecule has 0 N–H and O–H groups in total. The second-order valence-corrected chi connectivity index (χ2v) is 8.55. The van der Waals surface area contributed by atoms with Gasteiger partial charge in [-0.3, -0.25) is 9.69 Å². The SMILES string of the molecule is C=C(C)Cn1c(C(=O)N2CCN(C/C=C/c3ccccc3)CC2)cc2ccsc21. The minimum absolute atomic E-state index is 0.133. The number of carbonyl (C=O) groups excluding carboxylic acids is 1. The Hall–Kier alpha value is -2.63. The van der Waals surface area contributed by atoms with Crippen molar-refractivity contribution in [1.82, 2.24) is 14.4 Å². The second kappa shape index (κ2) is 8.80. The average Bonchev–Trinajstić information content (AvgIpc) is 3.31. The molecule has 0 spiro atoms. The van der Waals surface area contributed by atoms with Crippen LogP contribution in [0.25, 0.3) is 16.3 Å². The van der Waals surface area contributed by atoms with Crippen LogP contribution in [0.2, 0.25) is 0 Å². The molecule has 1 amide bonds. The van der Waals surface area contributed by atoms with Gasteiger partial charge in [0.25, 0.3) is 5.91 Å². The molecule has 0 radical (unpaired) electrons. The molecule has 5 heteroatoms. The van der Waals surface area contributed by atoms with Crippen LogP contribution in [0.4, 0.5) is 0 Å². The van der Waals surface area contributed by atoms with Crippen LogP contribution < -0.4 is 0 Å². The zero-order valence-electron chi connectivity index (χ0n) is 16.9. The number of allylic oxidation sites excluding steroid dienone is 1. The Bertz CT molecular complexity index is 1020. The molecular weight excluding hydrogens is 378 g/mol. The van der Waals surface area contributed by atoms with Gasteiger partial charge in [0.2, 0.25) is 0 Å². The van der Waals surface area contributed by atoms with Crippen molar-refractivity contribution >= 4 is 33.5 Å². The van der Waals surface area contributed by atoms with Crippen LogP contribution in [0.3, 0.4) is 0 Å². The number of carbonyl (C=O) groups is 1. The summed E-state index contributed by atoms with van der Waals surface area (Å²) in [5.74, 6) is 0.133. The van der Waals surface area contributed by atoms with Crippen LogP contribution in [0.1, 0.15) is 23.0 Å². The van der Waals surface area contributed by atoms with Gasteiger partial charge >= 0.3 is 0 Å². The van der Waals surface area contributed by atoms with Crippen LogP contribution >= 0.6 is 11.3 Å². The molecule has 0 unspecified atom stereocenters. The molecule has 0 bridgehead atoms. The molecular formula is C24H27N3OS. The van der Waals surface area contributed by atoms with Gasteiger partial charge in [-0.1, -0.05) is 54.6 Å². The lowest BCUT2D eigenvalue weighted by atomic mass is 10.2. The highest BCUT2D eigenvalue weighted by Crippen LogP contribution is 2.27. The van der Waals surface area contributed by atoms with Crippen LogP contribution in [0, 0.1) is 0 Å². The van der Waals surface area contributed by atoms with Crippen molar-refractivity contribution in [2.75, 3.05) is 32.7 Å². The summed E-state index contributed by atoms with van der Waals surface area (Å²) in [4.78, 5) is 18.8. The summed E-state index contributed by atoms with van der Waals surface area (Å²) in [6, 6.07) is 14.5. The molecule has 4 nitrogen and oxygen atoms in total. The van der Waals surface area contributed by atoms with E-state index in [1.54, 1.807) is 11.3 Å². The van der Waals surface area contributed by atoms with Crippen molar-refractivity contribution in [1.29, 1.82) is 0 Å². The van der Waals surface area contributed by atoms with E-state index in [0.29, 0.717) is 6.54 Å². The summed E-state index contributed by atoms with van der Waals surface area (Å²) in [6.45, 7) is 11.0. The van der Waals surface area contributed by atoms with E-state index in [1.807, 2.05) is 24.0 Å². The molecule has 0 atom stereocenters. The Morgan fingerprint density at radius 3 is 2.62 bits per heavy atom. The van der Waals surface area contributed by atoms with Gasteiger partial charge in [-0.05, 0) is 30.0 Å². The number of thiophene rings is 1. The summed E-state index contributed by atoms with van der Waals surface area (Å²) in [7, 11) is 0. The summed E-state index contributed by atoms with van der Waals surface area (Å²) < 4.78 is 2.12. The van der Waals surface area contributed by atoms with E-state index < -0.39 is 0 Å². The first-order valence-electron chi connectivity index (χ1n) is 10.1. The minimum atomic E-state index is 0.133. The quantitative estimate of drug-likeness (QED) is 0.554. The zero-order chi connectivity index (χ0) is 20.2. The normalized spacial score (nSPS) is 15.4. The first-order valence-corrected chi connectivity index (χ1v) is 10.9. The molecule has 0 saturated carbocycles. The Kier molecular flexibility index (Phi) is 5.97. The smallest absolute Gasteiger partial charge is 0.270 e. The Balaban J connectivity index is 1.38. The third-order valence-corrected chi connectivity index (χ3v) is 6.23. The molecule has 0 aliphatic carbocycles. The van der Waals surface area contributed by atoms with Gasteiger partial charge in [0, 0.05) is 44.7 Å². The van der Waals surface area contributed by atoms with Crippen molar-refractivity contribution in [2.24, 2.45) is 0 Å². The van der Waals surface area contributed by atoms with E-state index in [-0.39, 0.29) is 5.91 Å². The maximum atomic E-state index is 13.2. The number of aromatic nitrogens is 1. The van der Waals surface area contributed by atoms with E-state index >= 15 is 0 Å². The maximum absolute atomic E-state index is 13.2. The topological polar surface area (TPSA) is 28.5 Å². The van der Waals surface area contributed by atoms with Crippen molar-refractivity contribution in [3.8, 4) is 0 Å². The monoisotopic (exact) mass is 405 g/mol. The fraction of sp³-hybridized carbons (Fsp3) is 0.292. The van der Waals surface area contributed by atoms with E-state index in [2.05, 4.69) is 63.9 Å². The molecule has 1 aromatic carbocycles. The summed E-state index contributed by atoms with van der Waals surface area (Å²) in [5, 5.41) is 3.22. The maximum Gasteiger partial charge on any atom is 0.270 e. The molecule has 4 rings (SSSR count). The highest BCUT2D eigenvalue weighted by atomic mass is 32.1. The number of nitrogens with zero attached hydrogens (tertiary/aromatic N) is 3. The predicted molar refractivity (Wildman–Crippen MR) is 122 cm³/mol.